The van der Waals surface area contributed by atoms with Gasteiger partial charge in [0.1, 0.15) is 5.82 Å². The average Bonchev–Trinajstić information content (AvgIpc) is 2.66. The molecule has 1 N–H and O–H groups in total. The zero-order valence-corrected chi connectivity index (χ0v) is 12.6. The number of nitrogens with zero attached hydrogens (tertiary/aromatic N) is 2. The normalized spacial score (nSPS) is 12.7. The van der Waals surface area contributed by atoms with E-state index in [1.807, 2.05) is 37.8 Å². The van der Waals surface area contributed by atoms with Crippen LogP contribution in [-0.4, -0.2) is 22.9 Å². The highest BCUT2D eigenvalue weighted by Gasteiger charge is 2.16. The van der Waals surface area contributed by atoms with Crippen molar-refractivity contribution in [2.24, 2.45) is 7.05 Å². The predicted octanol–water partition coefficient (Wildman–Crippen LogP) is 2.55. The molecule has 1 unspecified atom stereocenters. The third-order valence-corrected chi connectivity index (χ3v) is 3.94. The van der Waals surface area contributed by atoms with E-state index >= 15 is 0 Å². The van der Waals surface area contributed by atoms with Gasteiger partial charge in [0.25, 0.3) is 0 Å². The molecular weight excluding hydrogens is 253 g/mol. The number of hydrogen-bond donors (Lipinski definition) is 1. The molecule has 1 atom stereocenters. The van der Waals surface area contributed by atoms with Gasteiger partial charge in [-0.15, -0.1) is 0 Å². The lowest BCUT2D eigenvalue weighted by Crippen LogP contribution is -2.30. The van der Waals surface area contributed by atoms with Gasteiger partial charge in [-0.05, 0) is 50.9 Å². The van der Waals surface area contributed by atoms with E-state index in [4.69, 9.17) is 0 Å². The van der Waals surface area contributed by atoms with Crippen molar-refractivity contribution in [3.63, 3.8) is 0 Å². The molecule has 0 aliphatic carbocycles. The highest BCUT2D eigenvalue weighted by atomic mass is 19.1. The van der Waals surface area contributed by atoms with Crippen LogP contribution in [0.5, 0.6) is 0 Å². The first kappa shape index (κ1) is 14.7. The molecule has 1 aromatic heterocycles. The molecule has 4 heteroatoms. The molecule has 0 radical (unpaired) electrons. The summed E-state index contributed by atoms with van der Waals surface area (Å²) in [7, 11) is 3.88. The van der Waals surface area contributed by atoms with E-state index in [1.165, 1.54) is 17.3 Å². The molecule has 0 aliphatic heterocycles. The maximum Gasteiger partial charge on any atom is 0.126 e. The molecule has 108 valence electrons. The lowest BCUT2D eigenvalue weighted by Gasteiger charge is -2.17. The second-order valence-corrected chi connectivity index (χ2v) is 5.26. The predicted molar refractivity (Wildman–Crippen MR) is 79.3 cm³/mol. The van der Waals surface area contributed by atoms with Gasteiger partial charge in [-0.2, -0.15) is 5.10 Å². The van der Waals surface area contributed by atoms with E-state index in [0.717, 1.165) is 17.7 Å². The maximum atomic E-state index is 13.7. The van der Waals surface area contributed by atoms with Crippen molar-refractivity contribution in [1.82, 2.24) is 15.1 Å². The zero-order chi connectivity index (χ0) is 14.7. The van der Waals surface area contributed by atoms with Gasteiger partial charge in [0.2, 0.25) is 0 Å². The molecule has 0 saturated heterocycles. The minimum Gasteiger partial charge on any atom is -0.316 e. The van der Waals surface area contributed by atoms with Gasteiger partial charge in [-0.25, -0.2) is 4.39 Å². The first-order chi connectivity index (χ1) is 9.52. The Morgan fingerprint density at radius 1 is 1.25 bits per heavy atom. The van der Waals surface area contributed by atoms with Gasteiger partial charge in [-0.1, -0.05) is 18.2 Å². The molecule has 0 bridgehead atoms. The lowest BCUT2D eigenvalue weighted by atomic mass is 9.98. The van der Waals surface area contributed by atoms with Gasteiger partial charge < -0.3 is 5.32 Å². The largest absolute Gasteiger partial charge is 0.316 e. The number of rotatable bonds is 5. The van der Waals surface area contributed by atoms with E-state index in [0.29, 0.717) is 6.42 Å². The Morgan fingerprint density at radius 2 is 1.95 bits per heavy atom. The van der Waals surface area contributed by atoms with Crippen molar-refractivity contribution in [2.45, 2.75) is 32.7 Å². The summed E-state index contributed by atoms with van der Waals surface area (Å²) in [5.41, 5.74) is 4.24. The Labute approximate surface area is 119 Å². The number of aryl methyl sites for hydroxylation is 2. The quantitative estimate of drug-likeness (QED) is 0.909. The first-order valence-electron chi connectivity index (χ1n) is 6.92. The number of hydrogen-bond acceptors (Lipinski definition) is 2. The summed E-state index contributed by atoms with van der Waals surface area (Å²) in [5.74, 6) is -0.132. The molecule has 2 aromatic rings. The summed E-state index contributed by atoms with van der Waals surface area (Å²) in [6, 6.07) is 7.17. The standard InChI is InChI=1S/C16H22FN3/c1-11-15(12(2)20(4)19-11)10-14(18-3)9-13-7-5-6-8-16(13)17/h5-8,14,18H,9-10H2,1-4H3. The Bertz CT molecular complexity index is 589. The van der Waals surface area contributed by atoms with Crippen LogP contribution in [0.3, 0.4) is 0 Å². The SMILES string of the molecule is CNC(Cc1ccccc1F)Cc1c(C)nn(C)c1C. The molecule has 2 rings (SSSR count). The molecule has 1 aromatic carbocycles. The second kappa shape index (κ2) is 6.18. The van der Waals surface area contributed by atoms with Crippen molar-refractivity contribution in [1.29, 1.82) is 0 Å². The van der Waals surface area contributed by atoms with Gasteiger partial charge in [-0.3, -0.25) is 4.68 Å². The fourth-order valence-electron chi connectivity index (χ4n) is 2.56. The van der Waals surface area contributed by atoms with Crippen LogP contribution in [0, 0.1) is 19.7 Å². The summed E-state index contributed by atoms with van der Waals surface area (Å²) in [6.45, 7) is 4.10. The van der Waals surface area contributed by atoms with Gasteiger partial charge in [0.05, 0.1) is 5.69 Å². The van der Waals surface area contributed by atoms with E-state index in [-0.39, 0.29) is 11.9 Å². The highest BCUT2D eigenvalue weighted by Crippen LogP contribution is 2.17. The summed E-state index contributed by atoms with van der Waals surface area (Å²) in [6.07, 6.45) is 1.54. The van der Waals surface area contributed by atoms with Crippen molar-refractivity contribution < 1.29 is 4.39 Å². The monoisotopic (exact) mass is 275 g/mol. The molecule has 0 saturated carbocycles. The highest BCUT2D eigenvalue weighted by molar-refractivity contribution is 5.26. The number of benzene rings is 1. The van der Waals surface area contributed by atoms with Gasteiger partial charge in [0.15, 0.2) is 0 Å². The van der Waals surface area contributed by atoms with Crippen LogP contribution in [-0.2, 0) is 19.9 Å². The Hall–Kier alpha value is -1.68. The molecule has 20 heavy (non-hydrogen) atoms. The van der Waals surface area contributed by atoms with Crippen LogP contribution < -0.4 is 5.32 Å². The van der Waals surface area contributed by atoms with Crippen LogP contribution >= 0.6 is 0 Å². The minimum atomic E-state index is -0.132. The molecule has 0 fully saturated rings. The van der Waals surface area contributed by atoms with Crippen LogP contribution in [0.2, 0.25) is 0 Å². The fourth-order valence-corrected chi connectivity index (χ4v) is 2.56. The minimum absolute atomic E-state index is 0.132. The first-order valence-corrected chi connectivity index (χ1v) is 6.92. The smallest absolute Gasteiger partial charge is 0.126 e. The summed E-state index contributed by atoms with van der Waals surface area (Å²) in [4.78, 5) is 0. The third kappa shape index (κ3) is 3.07. The van der Waals surface area contributed by atoms with E-state index in [2.05, 4.69) is 17.3 Å². The van der Waals surface area contributed by atoms with Crippen molar-refractivity contribution in [2.75, 3.05) is 7.05 Å². The number of aromatic nitrogens is 2. The zero-order valence-electron chi connectivity index (χ0n) is 12.6. The lowest BCUT2D eigenvalue weighted by molar-refractivity contribution is 0.530. The van der Waals surface area contributed by atoms with Gasteiger partial charge >= 0.3 is 0 Å². The Balaban J connectivity index is 2.15. The Morgan fingerprint density at radius 3 is 2.50 bits per heavy atom. The summed E-state index contributed by atoms with van der Waals surface area (Å²) >= 11 is 0. The van der Waals surface area contributed by atoms with Crippen molar-refractivity contribution in [3.05, 3.63) is 52.6 Å². The number of halogens is 1. The van der Waals surface area contributed by atoms with E-state index < -0.39 is 0 Å². The fraction of sp³-hybridized carbons (Fsp3) is 0.438. The number of likely N-dealkylation sites (N-methyl/N-ethyl adjacent to an activating group) is 1. The topological polar surface area (TPSA) is 29.9 Å². The van der Waals surface area contributed by atoms with Crippen molar-refractivity contribution >= 4 is 0 Å². The molecule has 1 heterocycles. The molecule has 0 amide bonds. The van der Waals surface area contributed by atoms with Crippen molar-refractivity contribution in [3.8, 4) is 0 Å². The summed E-state index contributed by atoms with van der Waals surface area (Å²) < 4.78 is 15.6. The molecule has 3 nitrogen and oxygen atoms in total. The Kier molecular flexibility index (Phi) is 4.55. The third-order valence-electron chi connectivity index (χ3n) is 3.94. The van der Waals surface area contributed by atoms with Gasteiger partial charge in [0, 0.05) is 18.8 Å². The van der Waals surface area contributed by atoms with Crippen LogP contribution in [0.25, 0.3) is 0 Å². The van der Waals surface area contributed by atoms with E-state index in [9.17, 15) is 4.39 Å². The number of nitrogens with one attached hydrogen (secondary N) is 1. The molecular formula is C16H22FN3. The average molecular weight is 275 g/mol. The van der Waals surface area contributed by atoms with E-state index in [1.54, 1.807) is 6.07 Å². The van der Waals surface area contributed by atoms with Crippen LogP contribution in [0.15, 0.2) is 24.3 Å². The summed E-state index contributed by atoms with van der Waals surface area (Å²) in [5, 5.41) is 7.72. The second-order valence-electron chi connectivity index (χ2n) is 5.26. The van der Waals surface area contributed by atoms with Crippen LogP contribution in [0.1, 0.15) is 22.5 Å². The van der Waals surface area contributed by atoms with Crippen LogP contribution in [0.4, 0.5) is 4.39 Å². The molecule has 0 spiro atoms. The maximum absolute atomic E-state index is 13.7. The molecule has 0 aliphatic rings.